The fraction of sp³-hybridized carbons (Fsp3) is 0.471. The van der Waals surface area contributed by atoms with Gasteiger partial charge in [-0.2, -0.15) is 0 Å². The average Bonchev–Trinajstić information content (AvgIpc) is 3.04. The predicted molar refractivity (Wildman–Crippen MR) is 83.7 cm³/mol. The van der Waals surface area contributed by atoms with Gasteiger partial charge in [0, 0.05) is 18.5 Å². The maximum atomic E-state index is 6.32. The van der Waals surface area contributed by atoms with Crippen molar-refractivity contribution in [2.24, 2.45) is 7.05 Å². The predicted octanol–water partition coefficient (Wildman–Crippen LogP) is 3.94. The van der Waals surface area contributed by atoms with Gasteiger partial charge in [-0.25, -0.2) is 4.98 Å². The maximum Gasteiger partial charge on any atom is 0.131 e. The zero-order valence-corrected chi connectivity index (χ0v) is 12.6. The Bertz CT molecular complexity index is 634. The molecule has 1 aliphatic carbocycles. The van der Waals surface area contributed by atoms with Gasteiger partial charge >= 0.3 is 0 Å². The van der Waals surface area contributed by atoms with Crippen LogP contribution in [0.15, 0.2) is 18.2 Å². The van der Waals surface area contributed by atoms with Gasteiger partial charge in [0.1, 0.15) is 17.3 Å². The topological polar surface area (TPSA) is 43.8 Å². The van der Waals surface area contributed by atoms with E-state index in [1.165, 1.54) is 42.4 Å². The van der Waals surface area contributed by atoms with E-state index in [1.54, 1.807) is 0 Å². The highest BCUT2D eigenvalue weighted by Crippen LogP contribution is 2.37. The molecule has 2 N–H and O–H groups in total. The van der Waals surface area contributed by atoms with E-state index >= 15 is 0 Å². The molecule has 3 rings (SSSR count). The van der Waals surface area contributed by atoms with Crippen molar-refractivity contribution in [3.63, 3.8) is 0 Å². The van der Waals surface area contributed by atoms with Crippen molar-refractivity contribution < 1.29 is 0 Å². The summed E-state index contributed by atoms with van der Waals surface area (Å²) >= 11 is 0. The number of nitrogen functional groups attached to an aromatic ring is 1. The highest BCUT2D eigenvalue weighted by molar-refractivity contribution is 5.74. The van der Waals surface area contributed by atoms with Gasteiger partial charge in [0.05, 0.1) is 0 Å². The van der Waals surface area contributed by atoms with Gasteiger partial charge in [-0.05, 0) is 38.3 Å². The Hall–Kier alpha value is -1.77. The van der Waals surface area contributed by atoms with Gasteiger partial charge in [0.2, 0.25) is 0 Å². The quantitative estimate of drug-likeness (QED) is 0.897. The molecule has 1 aliphatic rings. The van der Waals surface area contributed by atoms with Crippen molar-refractivity contribution >= 4 is 5.82 Å². The Kier molecular flexibility index (Phi) is 3.28. The fourth-order valence-corrected chi connectivity index (χ4v) is 3.27. The first-order valence-electron chi connectivity index (χ1n) is 7.47. The van der Waals surface area contributed by atoms with Crippen molar-refractivity contribution in [1.29, 1.82) is 0 Å². The van der Waals surface area contributed by atoms with Crippen molar-refractivity contribution in [2.45, 2.75) is 45.4 Å². The van der Waals surface area contributed by atoms with E-state index in [-0.39, 0.29) is 0 Å². The number of aromatic nitrogens is 2. The molecule has 0 amide bonds. The van der Waals surface area contributed by atoms with Gasteiger partial charge < -0.3 is 10.3 Å². The molecule has 1 fully saturated rings. The van der Waals surface area contributed by atoms with Crippen LogP contribution in [0.1, 0.15) is 48.6 Å². The normalized spacial score (nSPS) is 15.9. The summed E-state index contributed by atoms with van der Waals surface area (Å²) in [7, 11) is 2.05. The number of benzene rings is 1. The molecule has 1 saturated carbocycles. The number of hydrogen-bond acceptors (Lipinski definition) is 2. The zero-order valence-electron chi connectivity index (χ0n) is 12.6. The van der Waals surface area contributed by atoms with Crippen LogP contribution in [0.5, 0.6) is 0 Å². The number of rotatable bonds is 2. The molecule has 3 heteroatoms. The minimum atomic E-state index is 0.584. The molecular weight excluding hydrogens is 246 g/mol. The van der Waals surface area contributed by atoms with E-state index in [2.05, 4.69) is 36.6 Å². The molecule has 0 unspecified atom stereocenters. The number of nitrogens with zero attached hydrogens (tertiary/aromatic N) is 2. The van der Waals surface area contributed by atoms with Crippen LogP contribution in [0.4, 0.5) is 5.82 Å². The Morgan fingerprint density at radius 3 is 2.60 bits per heavy atom. The molecule has 0 bridgehead atoms. The molecule has 1 heterocycles. The molecule has 2 aromatic rings. The monoisotopic (exact) mass is 269 g/mol. The molecule has 0 saturated heterocycles. The SMILES string of the molecule is Cc1ccc(C)c(-c2nc(C3CCCC3)n(C)c2N)c1. The summed E-state index contributed by atoms with van der Waals surface area (Å²) in [6, 6.07) is 6.47. The van der Waals surface area contributed by atoms with Crippen molar-refractivity contribution in [3.8, 4) is 11.3 Å². The first kappa shape index (κ1) is 13.2. The number of aryl methyl sites for hydroxylation is 2. The van der Waals surface area contributed by atoms with E-state index in [1.807, 2.05) is 7.05 Å². The van der Waals surface area contributed by atoms with Crippen LogP contribution >= 0.6 is 0 Å². The van der Waals surface area contributed by atoms with Crippen LogP contribution in [0.2, 0.25) is 0 Å². The van der Waals surface area contributed by atoms with Crippen LogP contribution in [0.3, 0.4) is 0 Å². The highest BCUT2D eigenvalue weighted by Gasteiger charge is 2.24. The highest BCUT2D eigenvalue weighted by atomic mass is 15.1. The molecule has 0 aliphatic heterocycles. The Labute approximate surface area is 120 Å². The third kappa shape index (κ3) is 2.11. The smallest absolute Gasteiger partial charge is 0.131 e. The first-order valence-corrected chi connectivity index (χ1v) is 7.47. The summed E-state index contributed by atoms with van der Waals surface area (Å²) in [5, 5.41) is 0. The van der Waals surface area contributed by atoms with Crippen LogP contribution in [-0.4, -0.2) is 9.55 Å². The van der Waals surface area contributed by atoms with E-state index in [0.717, 1.165) is 17.3 Å². The summed E-state index contributed by atoms with van der Waals surface area (Å²) in [4.78, 5) is 4.90. The lowest BCUT2D eigenvalue weighted by Crippen LogP contribution is -2.05. The van der Waals surface area contributed by atoms with Crippen molar-refractivity contribution in [1.82, 2.24) is 9.55 Å². The fourth-order valence-electron chi connectivity index (χ4n) is 3.27. The molecule has 0 radical (unpaired) electrons. The number of anilines is 1. The first-order chi connectivity index (χ1) is 9.58. The third-order valence-electron chi connectivity index (χ3n) is 4.54. The molecule has 1 aromatic heterocycles. The van der Waals surface area contributed by atoms with E-state index in [0.29, 0.717) is 5.92 Å². The average molecular weight is 269 g/mol. The molecule has 0 atom stereocenters. The van der Waals surface area contributed by atoms with Gasteiger partial charge in [0.15, 0.2) is 0 Å². The Morgan fingerprint density at radius 1 is 1.20 bits per heavy atom. The molecule has 3 nitrogen and oxygen atoms in total. The molecule has 0 spiro atoms. The lowest BCUT2D eigenvalue weighted by Gasteiger charge is -2.08. The largest absolute Gasteiger partial charge is 0.383 e. The third-order valence-corrected chi connectivity index (χ3v) is 4.54. The molecule has 106 valence electrons. The maximum absolute atomic E-state index is 6.32. The lowest BCUT2D eigenvalue weighted by atomic mass is 10.0. The number of nitrogens with two attached hydrogens (primary N) is 1. The second-order valence-electron chi connectivity index (χ2n) is 6.06. The van der Waals surface area contributed by atoms with Crippen molar-refractivity contribution in [2.75, 3.05) is 5.73 Å². The minimum absolute atomic E-state index is 0.584. The second kappa shape index (κ2) is 4.97. The van der Waals surface area contributed by atoms with Crippen LogP contribution in [-0.2, 0) is 7.05 Å². The van der Waals surface area contributed by atoms with Gasteiger partial charge in [-0.15, -0.1) is 0 Å². The molecular formula is C17H23N3. The summed E-state index contributed by atoms with van der Waals surface area (Å²) in [5.74, 6) is 2.54. The summed E-state index contributed by atoms with van der Waals surface area (Å²) in [6.45, 7) is 4.23. The zero-order chi connectivity index (χ0) is 14.3. The van der Waals surface area contributed by atoms with Gasteiger partial charge in [-0.3, -0.25) is 0 Å². The van der Waals surface area contributed by atoms with Crippen molar-refractivity contribution in [3.05, 3.63) is 35.2 Å². The van der Waals surface area contributed by atoms with Gasteiger partial charge in [0.25, 0.3) is 0 Å². The second-order valence-corrected chi connectivity index (χ2v) is 6.06. The molecule has 1 aromatic carbocycles. The molecule has 20 heavy (non-hydrogen) atoms. The van der Waals surface area contributed by atoms with E-state index < -0.39 is 0 Å². The lowest BCUT2D eigenvalue weighted by molar-refractivity contribution is 0.635. The number of imidazole rings is 1. The van der Waals surface area contributed by atoms with Crippen LogP contribution in [0, 0.1) is 13.8 Å². The number of hydrogen-bond donors (Lipinski definition) is 1. The van der Waals surface area contributed by atoms with Crippen LogP contribution in [0.25, 0.3) is 11.3 Å². The van der Waals surface area contributed by atoms with E-state index in [9.17, 15) is 0 Å². The summed E-state index contributed by atoms with van der Waals surface area (Å²) < 4.78 is 2.09. The van der Waals surface area contributed by atoms with Gasteiger partial charge in [-0.1, -0.05) is 30.5 Å². The Morgan fingerprint density at radius 2 is 1.90 bits per heavy atom. The van der Waals surface area contributed by atoms with Crippen LogP contribution < -0.4 is 5.73 Å². The summed E-state index contributed by atoms with van der Waals surface area (Å²) in [6.07, 6.45) is 5.12. The minimum Gasteiger partial charge on any atom is -0.383 e. The van der Waals surface area contributed by atoms with E-state index in [4.69, 9.17) is 10.7 Å². The Balaban J connectivity index is 2.10. The summed E-state index contributed by atoms with van der Waals surface area (Å²) in [5.41, 5.74) is 10.9. The standard InChI is InChI=1S/C17H23N3/c1-11-8-9-12(2)14(10-11)15-16(18)20(3)17(19-15)13-6-4-5-7-13/h8-10,13H,4-7,18H2,1-3H3.